The van der Waals surface area contributed by atoms with E-state index >= 15 is 0 Å². The van der Waals surface area contributed by atoms with Crippen LogP contribution in [-0.2, 0) is 6.61 Å². The first-order valence-corrected chi connectivity index (χ1v) is 7.26. The standard InChI is InChI=1S/C19H18N2O/c1-20-18-13-21-12-11-16(18)17-9-5-6-10-19(17)22-14-15-7-3-2-4-8-15/h2-13,20H,14H2,1H3. The first kappa shape index (κ1) is 14.1. The fraction of sp³-hybridized carbons (Fsp3) is 0.105. The van der Waals surface area contributed by atoms with Crippen molar-refractivity contribution in [3.8, 4) is 16.9 Å². The van der Waals surface area contributed by atoms with Crippen molar-refractivity contribution < 1.29 is 4.74 Å². The number of benzene rings is 2. The topological polar surface area (TPSA) is 34.2 Å². The van der Waals surface area contributed by atoms with E-state index in [-0.39, 0.29) is 0 Å². The Morgan fingerprint density at radius 1 is 0.909 bits per heavy atom. The number of hydrogen-bond acceptors (Lipinski definition) is 3. The molecular formula is C19H18N2O. The third-order valence-electron chi connectivity index (χ3n) is 3.50. The van der Waals surface area contributed by atoms with Crippen LogP contribution in [0.3, 0.4) is 0 Å². The molecule has 0 radical (unpaired) electrons. The largest absolute Gasteiger partial charge is 0.488 e. The van der Waals surface area contributed by atoms with Gasteiger partial charge in [0.15, 0.2) is 0 Å². The van der Waals surface area contributed by atoms with Gasteiger partial charge in [-0.1, -0.05) is 48.5 Å². The lowest BCUT2D eigenvalue weighted by molar-refractivity contribution is 0.307. The highest BCUT2D eigenvalue weighted by Gasteiger charge is 2.09. The van der Waals surface area contributed by atoms with Crippen LogP contribution in [-0.4, -0.2) is 12.0 Å². The molecule has 0 atom stereocenters. The van der Waals surface area contributed by atoms with E-state index in [1.165, 1.54) is 0 Å². The summed E-state index contributed by atoms with van der Waals surface area (Å²) in [6, 6.07) is 20.2. The number of ether oxygens (including phenoxy) is 1. The monoisotopic (exact) mass is 290 g/mol. The Morgan fingerprint density at radius 3 is 2.50 bits per heavy atom. The van der Waals surface area contributed by atoms with E-state index < -0.39 is 0 Å². The van der Waals surface area contributed by atoms with E-state index in [4.69, 9.17) is 4.74 Å². The van der Waals surface area contributed by atoms with Gasteiger partial charge in [-0.15, -0.1) is 0 Å². The molecule has 0 saturated carbocycles. The summed E-state index contributed by atoms with van der Waals surface area (Å²) >= 11 is 0. The van der Waals surface area contributed by atoms with Gasteiger partial charge in [0.25, 0.3) is 0 Å². The quantitative estimate of drug-likeness (QED) is 0.757. The first-order valence-electron chi connectivity index (χ1n) is 7.26. The Balaban J connectivity index is 1.90. The van der Waals surface area contributed by atoms with Crippen LogP contribution in [0.2, 0.25) is 0 Å². The van der Waals surface area contributed by atoms with Crippen molar-refractivity contribution in [2.75, 3.05) is 12.4 Å². The highest BCUT2D eigenvalue weighted by Crippen LogP contribution is 2.34. The van der Waals surface area contributed by atoms with Crippen LogP contribution in [0.1, 0.15) is 5.56 Å². The summed E-state index contributed by atoms with van der Waals surface area (Å²) in [5.74, 6) is 0.869. The summed E-state index contributed by atoms with van der Waals surface area (Å²) in [6.45, 7) is 0.553. The molecule has 0 aliphatic rings. The molecular weight excluding hydrogens is 272 g/mol. The molecule has 1 N–H and O–H groups in total. The minimum atomic E-state index is 0.553. The zero-order chi connectivity index (χ0) is 15.2. The molecule has 22 heavy (non-hydrogen) atoms. The third kappa shape index (κ3) is 3.09. The average molecular weight is 290 g/mol. The summed E-state index contributed by atoms with van der Waals surface area (Å²) in [5, 5.41) is 3.18. The van der Waals surface area contributed by atoms with E-state index in [9.17, 15) is 0 Å². The van der Waals surface area contributed by atoms with Crippen LogP contribution in [0.15, 0.2) is 73.1 Å². The van der Waals surface area contributed by atoms with Crippen LogP contribution in [0.5, 0.6) is 5.75 Å². The minimum absolute atomic E-state index is 0.553. The maximum absolute atomic E-state index is 6.03. The second-order valence-electron chi connectivity index (χ2n) is 4.94. The second-order valence-corrected chi connectivity index (χ2v) is 4.94. The van der Waals surface area contributed by atoms with Gasteiger partial charge in [0.1, 0.15) is 12.4 Å². The molecule has 0 spiro atoms. The predicted molar refractivity (Wildman–Crippen MR) is 90.0 cm³/mol. The van der Waals surface area contributed by atoms with Gasteiger partial charge in [0.2, 0.25) is 0 Å². The molecule has 3 rings (SSSR count). The molecule has 0 unspecified atom stereocenters. The van der Waals surface area contributed by atoms with E-state index in [1.54, 1.807) is 6.20 Å². The molecule has 0 aliphatic heterocycles. The van der Waals surface area contributed by atoms with Crippen LogP contribution in [0.4, 0.5) is 5.69 Å². The Kier molecular flexibility index (Phi) is 4.35. The van der Waals surface area contributed by atoms with Gasteiger partial charge in [-0.25, -0.2) is 0 Å². The van der Waals surface area contributed by atoms with E-state index in [0.29, 0.717) is 6.61 Å². The van der Waals surface area contributed by atoms with E-state index in [0.717, 1.165) is 28.1 Å². The number of para-hydroxylation sites is 1. The number of aromatic nitrogens is 1. The van der Waals surface area contributed by atoms with Gasteiger partial charge in [0, 0.05) is 24.4 Å². The Labute approximate surface area is 130 Å². The normalized spacial score (nSPS) is 10.2. The number of nitrogens with zero attached hydrogens (tertiary/aromatic N) is 1. The number of rotatable bonds is 5. The van der Waals surface area contributed by atoms with Crippen molar-refractivity contribution in [3.05, 3.63) is 78.6 Å². The summed E-state index contributed by atoms with van der Waals surface area (Å²) in [4.78, 5) is 4.16. The van der Waals surface area contributed by atoms with Crippen molar-refractivity contribution >= 4 is 5.69 Å². The fourth-order valence-electron chi connectivity index (χ4n) is 2.38. The minimum Gasteiger partial charge on any atom is -0.488 e. The Bertz CT molecular complexity index is 741. The maximum Gasteiger partial charge on any atom is 0.127 e. The smallest absolute Gasteiger partial charge is 0.127 e. The first-order chi connectivity index (χ1) is 10.9. The summed E-state index contributed by atoms with van der Waals surface area (Å²) in [6.07, 6.45) is 3.62. The zero-order valence-corrected chi connectivity index (χ0v) is 12.5. The number of nitrogens with one attached hydrogen (secondary N) is 1. The van der Waals surface area contributed by atoms with Crippen LogP contribution < -0.4 is 10.1 Å². The molecule has 110 valence electrons. The van der Waals surface area contributed by atoms with E-state index in [1.807, 2.05) is 55.7 Å². The highest BCUT2D eigenvalue weighted by molar-refractivity contribution is 5.80. The van der Waals surface area contributed by atoms with E-state index in [2.05, 4.69) is 28.5 Å². The Hall–Kier alpha value is -2.81. The van der Waals surface area contributed by atoms with Crippen LogP contribution in [0.25, 0.3) is 11.1 Å². The van der Waals surface area contributed by atoms with Crippen molar-refractivity contribution in [1.82, 2.24) is 4.98 Å². The Morgan fingerprint density at radius 2 is 1.68 bits per heavy atom. The van der Waals surface area contributed by atoms with Crippen LogP contribution in [0, 0.1) is 0 Å². The van der Waals surface area contributed by atoms with Crippen molar-refractivity contribution in [2.45, 2.75) is 6.61 Å². The van der Waals surface area contributed by atoms with Gasteiger partial charge in [0.05, 0.1) is 11.9 Å². The molecule has 3 aromatic rings. The third-order valence-corrected chi connectivity index (χ3v) is 3.50. The molecule has 0 amide bonds. The second kappa shape index (κ2) is 6.76. The van der Waals surface area contributed by atoms with Gasteiger partial charge in [-0.2, -0.15) is 0 Å². The highest BCUT2D eigenvalue weighted by atomic mass is 16.5. The molecule has 0 saturated heterocycles. The summed E-state index contributed by atoms with van der Waals surface area (Å²) in [5.41, 5.74) is 4.28. The number of anilines is 1. The lowest BCUT2D eigenvalue weighted by Crippen LogP contribution is -1.98. The van der Waals surface area contributed by atoms with Gasteiger partial charge < -0.3 is 10.1 Å². The molecule has 0 aliphatic carbocycles. The lowest BCUT2D eigenvalue weighted by atomic mass is 10.0. The van der Waals surface area contributed by atoms with Crippen molar-refractivity contribution in [1.29, 1.82) is 0 Å². The fourth-order valence-corrected chi connectivity index (χ4v) is 2.38. The van der Waals surface area contributed by atoms with Gasteiger partial charge in [-0.05, 0) is 17.7 Å². The lowest BCUT2D eigenvalue weighted by Gasteiger charge is -2.14. The summed E-state index contributed by atoms with van der Waals surface area (Å²) in [7, 11) is 1.90. The molecule has 2 aromatic carbocycles. The summed E-state index contributed by atoms with van der Waals surface area (Å²) < 4.78 is 6.03. The SMILES string of the molecule is CNc1cnccc1-c1ccccc1OCc1ccccc1. The molecule has 3 nitrogen and oxygen atoms in total. The number of pyridine rings is 1. The number of hydrogen-bond donors (Lipinski definition) is 1. The van der Waals surface area contributed by atoms with Crippen molar-refractivity contribution in [2.24, 2.45) is 0 Å². The van der Waals surface area contributed by atoms with Crippen LogP contribution >= 0.6 is 0 Å². The molecule has 0 bridgehead atoms. The van der Waals surface area contributed by atoms with Gasteiger partial charge >= 0.3 is 0 Å². The molecule has 0 fully saturated rings. The predicted octanol–water partition coefficient (Wildman–Crippen LogP) is 4.37. The average Bonchev–Trinajstić information content (AvgIpc) is 2.61. The molecule has 1 aromatic heterocycles. The zero-order valence-electron chi connectivity index (χ0n) is 12.5. The maximum atomic E-state index is 6.03. The van der Waals surface area contributed by atoms with Crippen molar-refractivity contribution in [3.63, 3.8) is 0 Å². The molecule has 3 heteroatoms. The molecule has 1 heterocycles. The van der Waals surface area contributed by atoms with Gasteiger partial charge in [-0.3, -0.25) is 4.98 Å².